The van der Waals surface area contributed by atoms with Crippen LogP contribution < -0.4 is 10.9 Å². The number of aryl methyl sites for hydroxylation is 2. The van der Waals surface area contributed by atoms with E-state index in [0.29, 0.717) is 50.2 Å². The summed E-state index contributed by atoms with van der Waals surface area (Å²) in [5.74, 6) is -0.468. The summed E-state index contributed by atoms with van der Waals surface area (Å²) >= 11 is 0. The Labute approximate surface area is 234 Å². The molecule has 204 valence electrons. The van der Waals surface area contributed by atoms with E-state index in [0.717, 1.165) is 0 Å². The molecule has 41 heavy (non-hydrogen) atoms. The van der Waals surface area contributed by atoms with Crippen molar-refractivity contribution >= 4 is 28.1 Å². The molecular weight excluding hydrogens is 518 g/mol. The predicted molar refractivity (Wildman–Crippen MR) is 154 cm³/mol. The summed E-state index contributed by atoms with van der Waals surface area (Å²) < 4.78 is 4.75. The molecule has 0 radical (unpaired) electrons. The van der Waals surface area contributed by atoms with Gasteiger partial charge in [-0.2, -0.15) is 10.2 Å². The number of pyridine rings is 1. The Morgan fingerprint density at radius 2 is 1.85 bits per heavy atom. The van der Waals surface area contributed by atoms with Crippen LogP contribution in [0.5, 0.6) is 0 Å². The number of hydrogen-bond donors (Lipinski definition) is 1. The molecule has 6 rings (SSSR count). The molecule has 6 aromatic rings. The van der Waals surface area contributed by atoms with Crippen LogP contribution in [-0.4, -0.2) is 40.6 Å². The van der Waals surface area contributed by atoms with Crippen molar-refractivity contribution in [3.8, 4) is 5.69 Å². The van der Waals surface area contributed by atoms with Gasteiger partial charge in [-0.15, -0.1) is 0 Å². The van der Waals surface area contributed by atoms with Crippen LogP contribution in [0.4, 0.5) is 0 Å². The minimum atomic E-state index is -0.557. The zero-order valence-corrected chi connectivity index (χ0v) is 22.8. The Kier molecular flexibility index (Phi) is 6.50. The molecule has 0 aliphatic carbocycles. The van der Waals surface area contributed by atoms with E-state index in [1.807, 2.05) is 55.5 Å². The number of fused-ring (bicyclic) bond motifs is 2. The predicted octanol–water partition coefficient (Wildman–Crippen LogP) is 3.99. The van der Waals surface area contributed by atoms with E-state index in [2.05, 4.69) is 20.5 Å². The lowest BCUT2D eigenvalue weighted by atomic mass is 9.98. The maximum Gasteiger partial charge on any atom is 0.263 e. The van der Waals surface area contributed by atoms with E-state index in [1.54, 1.807) is 58.5 Å². The van der Waals surface area contributed by atoms with E-state index in [-0.39, 0.29) is 23.7 Å². The smallest absolute Gasteiger partial charge is 0.263 e. The Morgan fingerprint density at radius 1 is 1.05 bits per heavy atom. The van der Waals surface area contributed by atoms with E-state index >= 15 is 0 Å². The van der Waals surface area contributed by atoms with Gasteiger partial charge in [-0.05, 0) is 49.1 Å². The van der Waals surface area contributed by atoms with Crippen LogP contribution in [0, 0.1) is 6.92 Å². The highest BCUT2D eigenvalue weighted by molar-refractivity contribution is 6.01. The van der Waals surface area contributed by atoms with Crippen LogP contribution in [0.3, 0.4) is 0 Å². The third-order valence-corrected chi connectivity index (χ3v) is 7.14. The first-order valence-electron chi connectivity index (χ1n) is 13.2. The lowest BCUT2D eigenvalue weighted by Crippen LogP contribution is -2.32. The van der Waals surface area contributed by atoms with E-state index in [9.17, 15) is 14.4 Å². The van der Waals surface area contributed by atoms with Crippen molar-refractivity contribution in [2.24, 2.45) is 7.05 Å². The summed E-state index contributed by atoms with van der Waals surface area (Å²) in [5, 5.41) is 12.7. The van der Waals surface area contributed by atoms with E-state index in [1.165, 1.54) is 6.20 Å². The van der Waals surface area contributed by atoms with Gasteiger partial charge in [0.2, 0.25) is 0 Å². The number of ketones is 1. The Morgan fingerprint density at radius 3 is 2.61 bits per heavy atom. The van der Waals surface area contributed by atoms with Gasteiger partial charge in [0.05, 0.1) is 28.9 Å². The van der Waals surface area contributed by atoms with Crippen LogP contribution in [0.1, 0.15) is 50.6 Å². The second-order valence-corrected chi connectivity index (χ2v) is 9.97. The second-order valence-electron chi connectivity index (χ2n) is 9.97. The summed E-state index contributed by atoms with van der Waals surface area (Å²) in [7, 11) is 1.75. The van der Waals surface area contributed by atoms with E-state index in [4.69, 9.17) is 0 Å². The molecule has 10 nitrogen and oxygen atoms in total. The molecule has 2 aromatic carbocycles. The van der Waals surface area contributed by atoms with Crippen molar-refractivity contribution in [1.29, 1.82) is 0 Å². The molecule has 10 heteroatoms. The Bertz CT molecular complexity index is 2000. The summed E-state index contributed by atoms with van der Waals surface area (Å²) in [5.41, 5.74) is 3.47. The molecule has 0 saturated heterocycles. The number of carbonyl (C=O) groups excluding carboxylic acids is 2. The number of nitrogens with one attached hydrogen (secondary N) is 1. The van der Waals surface area contributed by atoms with Crippen LogP contribution in [-0.2, 0) is 13.5 Å². The van der Waals surface area contributed by atoms with Crippen molar-refractivity contribution in [2.75, 3.05) is 0 Å². The van der Waals surface area contributed by atoms with Gasteiger partial charge in [0.1, 0.15) is 5.56 Å². The van der Waals surface area contributed by atoms with Gasteiger partial charge < -0.3 is 5.32 Å². The molecule has 4 heterocycles. The molecule has 0 spiro atoms. The van der Waals surface area contributed by atoms with Crippen molar-refractivity contribution < 1.29 is 9.59 Å². The quantitative estimate of drug-likeness (QED) is 0.303. The number of carbonyl (C=O) groups is 2. The first-order valence-corrected chi connectivity index (χ1v) is 13.2. The largest absolute Gasteiger partial charge is 0.344 e. The maximum atomic E-state index is 14.2. The number of amides is 1. The van der Waals surface area contributed by atoms with E-state index < -0.39 is 6.04 Å². The van der Waals surface area contributed by atoms with Gasteiger partial charge in [-0.3, -0.25) is 23.6 Å². The van der Waals surface area contributed by atoms with Crippen LogP contribution in [0.15, 0.2) is 90.2 Å². The van der Waals surface area contributed by atoms with Crippen LogP contribution in [0.25, 0.3) is 22.1 Å². The fourth-order valence-electron chi connectivity index (χ4n) is 5.21. The van der Waals surface area contributed by atoms with Crippen molar-refractivity contribution in [2.45, 2.75) is 26.3 Å². The lowest BCUT2D eigenvalue weighted by Gasteiger charge is -2.21. The van der Waals surface area contributed by atoms with Crippen molar-refractivity contribution in [3.63, 3.8) is 0 Å². The van der Waals surface area contributed by atoms with Crippen LogP contribution in [0.2, 0.25) is 0 Å². The topological polar surface area (TPSA) is 116 Å². The van der Waals surface area contributed by atoms with Gasteiger partial charge in [-0.1, -0.05) is 36.4 Å². The average molecular weight is 546 g/mol. The summed E-state index contributed by atoms with van der Waals surface area (Å²) in [6.45, 7) is 3.60. The van der Waals surface area contributed by atoms with Gasteiger partial charge in [0.25, 0.3) is 11.5 Å². The SMILES string of the molecule is Cc1nn2cccnc2c1C(=O)N[C@H](C)c1cc2cccc(CC(=O)c3cnn(C)c3)c2c(=O)n1-c1ccccc1. The monoisotopic (exact) mass is 545 g/mol. The zero-order chi connectivity index (χ0) is 28.7. The average Bonchev–Trinajstić information content (AvgIpc) is 3.55. The normalized spacial score (nSPS) is 12.1. The zero-order valence-electron chi connectivity index (χ0n) is 22.8. The minimum Gasteiger partial charge on any atom is -0.344 e. The maximum absolute atomic E-state index is 14.2. The highest BCUT2D eigenvalue weighted by Crippen LogP contribution is 2.25. The number of benzene rings is 2. The van der Waals surface area contributed by atoms with Crippen LogP contribution >= 0.6 is 0 Å². The summed E-state index contributed by atoms with van der Waals surface area (Å²) in [6.07, 6.45) is 6.60. The fourth-order valence-corrected chi connectivity index (χ4v) is 5.21. The minimum absolute atomic E-state index is 0.0553. The van der Waals surface area contributed by atoms with Crippen molar-refractivity contribution in [3.05, 3.63) is 124 Å². The summed E-state index contributed by atoms with van der Waals surface area (Å²) in [4.78, 5) is 45.1. The Hall–Kier alpha value is -5.38. The van der Waals surface area contributed by atoms with Crippen molar-refractivity contribution in [1.82, 2.24) is 34.3 Å². The highest BCUT2D eigenvalue weighted by Gasteiger charge is 2.24. The molecule has 0 unspecified atom stereocenters. The second kappa shape index (κ2) is 10.3. The van der Waals surface area contributed by atoms with Gasteiger partial charge >= 0.3 is 0 Å². The number of rotatable bonds is 7. The number of Topliss-reactive ketones (excluding diaryl/α,β-unsaturated/α-hetero) is 1. The first-order chi connectivity index (χ1) is 19.8. The molecular formula is C31H27N7O3. The molecule has 1 amide bonds. The van der Waals surface area contributed by atoms with Gasteiger partial charge in [-0.25, -0.2) is 9.50 Å². The third kappa shape index (κ3) is 4.69. The standard InChI is InChI=1S/C31H27N7O3/c1-19(34-30(40)27-20(2)35-37-14-8-13-32-29(27)37)25-15-21-9-7-10-22(16-26(39)23-17-33-36(3)18-23)28(21)31(41)38(25)24-11-5-4-6-12-24/h4-15,17-19H,16H2,1-3H3,(H,34,40)/t19-/m1/s1. The summed E-state index contributed by atoms with van der Waals surface area (Å²) in [6, 6.07) is 17.8. The lowest BCUT2D eigenvalue weighted by molar-refractivity contribution is 0.0938. The molecule has 4 aromatic heterocycles. The fraction of sp³-hybridized carbons (Fsp3) is 0.161. The molecule has 1 N–H and O–H groups in total. The third-order valence-electron chi connectivity index (χ3n) is 7.14. The number of hydrogen-bond acceptors (Lipinski definition) is 6. The van der Waals surface area contributed by atoms with Gasteiger partial charge in [0, 0.05) is 43.4 Å². The number of para-hydroxylation sites is 1. The van der Waals surface area contributed by atoms with Gasteiger partial charge in [0.15, 0.2) is 11.4 Å². The highest BCUT2D eigenvalue weighted by atomic mass is 16.2. The molecule has 0 saturated carbocycles. The molecule has 0 aliphatic heterocycles. The molecule has 0 bridgehead atoms. The number of aromatic nitrogens is 6. The first kappa shape index (κ1) is 25.9. The molecule has 0 fully saturated rings. The Balaban J connectivity index is 1.45. The number of nitrogens with zero attached hydrogens (tertiary/aromatic N) is 6. The molecule has 0 aliphatic rings. The molecule has 1 atom stereocenters.